The highest BCUT2D eigenvalue weighted by molar-refractivity contribution is 5.85. The standard InChI is InChI=1S/C23H30N4O/c1-4-27-16-21(19-9-5-6-10-22(19)27)20(18-8-7-12-24-14-18)15-26-23(28)25-13-11-17(2)3/h5-10,12,14,16-17,20H,4,11,13,15H2,1-3H3,(H2,25,26,28)/t20-/m0/s1. The summed E-state index contributed by atoms with van der Waals surface area (Å²) in [6.07, 6.45) is 6.85. The molecule has 2 amide bonds. The van der Waals surface area contributed by atoms with Crippen molar-refractivity contribution in [1.82, 2.24) is 20.2 Å². The predicted molar refractivity (Wildman–Crippen MR) is 115 cm³/mol. The molecule has 0 radical (unpaired) electrons. The summed E-state index contributed by atoms with van der Waals surface area (Å²) >= 11 is 0. The number of nitrogens with zero attached hydrogens (tertiary/aromatic N) is 2. The number of carbonyl (C=O) groups excluding carboxylic acids is 1. The maximum absolute atomic E-state index is 12.3. The Morgan fingerprint density at radius 3 is 2.68 bits per heavy atom. The van der Waals surface area contributed by atoms with Gasteiger partial charge in [0.25, 0.3) is 0 Å². The second-order valence-electron chi connectivity index (χ2n) is 7.55. The van der Waals surface area contributed by atoms with Crippen molar-refractivity contribution >= 4 is 16.9 Å². The zero-order chi connectivity index (χ0) is 19.9. The number of aromatic nitrogens is 2. The number of carbonyl (C=O) groups is 1. The second-order valence-corrected chi connectivity index (χ2v) is 7.55. The Kier molecular flexibility index (Phi) is 6.69. The van der Waals surface area contributed by atoms with Crippen LogP contribution in [0.2, 0.25) is 0 Å². The van der Waals surface area contributed by atoms with Gasteiger partial charge in [0, 0.05) is 55.0 Å². The molecule has 0 spiro atoms. The molecule has 0 unspecified atom stereocenters. The summed E-state index contributed by atoms with van der Waals surface area (Å²) in [4.78, 5) is 16.6. The van der Waals surface area contributed by atoms with E-state index in [0.717, 1.165) is 18.5 Å². The van der Waals surface area contributed by atoms with Crippen LogP contribution in [0.15, 0.2) is 55.0 Å². The van der Waals surface area contributed by atoms with E-state index in [9.17, 15) is 4.79 Å². The molecule has 0 saturated heterocycles. The maximum atomic E-state index is 12.3. The van der Waals surface area contributed by atoms with Crippen molar-refractivity contribution in [2.45, 2.75) is 39.7 Å². The number of aryl methyl sites for hydroxylation is 1. The van der Waals surface area contributed by atoms with Gasteiger partial charge in [0.1, 0.15) is 0 Å². The highest BCUT2D eigenvalue weighted by atomic mass is 16.2. The SMILES string of the molecule is CCn1cc([C@@H](CNC(=O)NCCC(C)C)c2cccnc2)c2ccccc21. The third kappa shape index (κ3) is 4.71. The third-order valence-corrected chi connectivity index (χ3v) is 5.10. The number of urea groups is 1. The zero-order valence-electron chi connectivity index (χ0n) is 17.0. The van der Waals surface area contributed by atoms with Gasteiger partial charge in [0.05, 0.1) is 0 Å². The van der Waals surface area contributed by atoms with Crippen molar-refractivity contribution < 1.29 is 4.79 Å². The molecular formula is C23H30N4O. The van der Waals surface area contributed by atoms with Gasteiger partial charge in [-0.3, -0.25) is 4.98 Å². The smallest absolute Gasteiger partial charge is 0.314 e. The Hall–Kier alpha value is -2.82. The average Bonchev–Trinajstić information content (AvgIpc) is 3.07. The van der Waals surface area contributed by atoms with Crippen molar-refractivity contribution in [2.75, 3.05) is 13.1 Å². The molecule has 5 nitrogen and oxygen atoms in total. The monoisotopic (exact) mass is 378 g/mol. The Morgan fingerprint density at radius 2 is 1.96 bits per heavy atom. The molecule has 0 saturated carbocycles. The van der Waals surface area contributed by atoms with E-state index >= 15 is 0 Å². The zero-order valence-corrected chi connectivity index (χ0v) is 17.0. The van der Waals surface area contributed by atoms with E-state index in [2.05, 4.69) is 77.5 Å². The fraction of sp³-hybridized carbons (Fsp3) is 0.391. The minimum absolute atomic E-state index is 0.0437. The Labute approximate surface area is 167 Å². The fourth-order valence-electron chi connectivity index (χ4n) is 3.54. The van der Waals surface area contributed by atoms with E-state index in [1.165, 1.54) is 16.5 Å². The molecule has 148 valence electrons. The molecule has 1 atom stereocenters. The van der Waals surface area contributed by atoms with E-state index in [-0.39, 0.29) is 11.9 Å². The molecule has 3 rings (SSSR count). The lowest BCUT2D eigenvalue weighted by Crippen LogP contribution is -2.38. The molecule has 0 bridgehead atoms. The minimum Gasteiger partial charge on any atom is -0.347 e. The predicted octanol–water partition coefficient (Wildman–Crippen LogP) is 4.53. The number of fused-ring (bicyclic) bond motifs is 1. The lowest BCUT2D eigenvalue weighted by atomic mass is 9.92. The van der Waals surface area contributed by atoms with Crippen LogP contribution in [-0.4, -0.2) is 28.7 Å². The largest absolute Gasteiger partial charge is 0.347 e. The molecule has 0 aliphatic carbocycles. The first kappa shape index (κ1) is 19.9. The third-order valence-electron chi connectivity index (χ3n) is 5.10. The molecule has 28 heavy (non-hydrogen) atoms. The molecule has 2 heterocycles. The molecule has 0 fully saturated rings. The van der Waals surface area contributed by atoms with Gasteiger partial charge >= 0.3 is 6.03 Å². The first-order chi connectivity index (χ1) is 13.6. The van der Waals surface area contributed by atoms with Crippen LogP contribution in [0.5, 0.6) is 0 Å². The van der Waals surface area contributed by atoms with Crippen molar-refractivity contribution in [3.63, 3.8) is 0 Å². The molecule has 5 heteroatoms. The van der Waals surface area contributed by atoms with Gasteiger partial charge in [-0.05, 0) is 42.5 Å². The molecule has 2 N–H and O–H groups in total. The van der Waals surface area contributed by atoms with Crippen LogP contribution in [0.25, 0.3) is 10.9 Å². The van der Waals surface area contributed by atoms with Crippen LogP contribution in [-0.2, 0) is 6.54 Å². The highest BCUT2D eigenvalue weighted by Gasteiger charge is 2.20. The lowest BCUT2D eigenvalue weighted by Gasteiger charge is -2.18. The van der Waals surface area contributed by atoms with Gasteiger partial charge in [-0.2, -0.15) is 0 Å². The van der Waals surface area contributed by atoms with Crippen LogP contribution in [0.4, 0.5) is 4.79 Å². The fourth-order valence-corrected chi connectivity index (χ4v) is 3.54. The maximum Gasteiger partial charge on any atom is 0.314 e. The molecular weight excluding hydrogens is 348 g/mol. The minimum atomic E-state index is -0.117. The van der Waals surface area contributed by atoms with Gasteiger partial charge in [-0.15, -0.1) is 0 Å². The number of amides is 2. The summed E-state index contributed by atoms with van der Waals surface area (Å²) in [6.45, 7) is 8.58. The van der Waals surface area contributed by atoms with E-state index in [4.69, 9.17) is 0 Å². The highest BCUT2D eigenvalue weighted by Crippen LogP contribution is 2.31. The molecule has 3 aromatic rings. The van der Waals surface area contributed by atoms with Gasteiger partial charge < -0.3 is 15.2 Å². The summed E-state index contributed by atoms with van der Waals surface area (Å²) in [5.41, 5.74) is 3.53. The van der Waals surface area contributed by atoms with Crippen molar-refractivity contribution in [2.24, 2.45) is 5.92 Å². The summed E-state index contributed by atoms with van der Waals surface area (Å²) in [7, 11) is 0. The molecule has 0 aliphatic rings. The van der Waals surface area contributed by atoms with Gasteiger partial charge in [0.2, 0.25) is 0 Å². The van der Waals surface area contributed by atoms with Crippen LogP contribution < -0.4 is 10.6 Å². The van der Waals surface area contributed by atoms with Crippen molar-refractivity contribution in [3.05, 3.63) is 66.1 Å². The van der Waals surface area contributed by atoms with Gasteiger partial charge in [-0.1, -0.05) is 38.1 Å². The van der Waals surface area contributed by atoms with E-state index in [1.807, 2.05) is 12.3 Å². The number of pyridine rings is 1. The molecule has 1 aromatic carbocycles. The average molecular weight is 379 g/mol. The van der Waals surface area contributed by atoms with Crippen LogP contribution in [0.1, 0.15) is 44.2 Å². The first-order valence-corrected chi connectivity index (χ1v) is 10.1. The number of nitrogens with one attached hydrogen (secondary N) is 2. The Balaban J connectivity index is 1.84. The van der Waals surface area contributed by atoms with Crippen LogP contribution in [0.3, 0.4) is 0 Å². The quantitative estimate of drug-likeness (QED) is 0.605. The molecule has 2 aromatic heterocycles. The summed E-state index contributed by atoms with van der Waals surface area (Å²) in [5.74, 6) is 0.617. The van der Waals surface area contributed by atoms with Gasteiger partial charge in [0.15, 0.2) is 0 Å². The van der Waals surface area contributed by atoms with E-state index in [0.29, 0.717) is 19.0 Å². The second kappa shape index (κ2) is 9.40. The lowest BCUT2D eigenvalue weighted by molar-refractivity contribution is 0.240. The number of rotatable bonds is 8. The molecule has 0 aliphatic heterocycles. The summed E-state index contributed by atoms with van der Waals surface area (Å²) < 4.78 is 2.26. The van der Waals surface area contributed by atoms with Crippen molar-refractivity contribution in [1.29, 1.82) is 0 Å². The summed E-state index contributed by atoms with van der Waals surface area (Å²) in [5, 5.41) is 7.24. The van der Waals surface area contributed by atoms with Gasteiger partial charge in [-0.25, -0.2) is 4.79 Å². The van der Waals surface area contributed by atoms with Crippen molar-refractivity contribution in [3.8, 4) is 0 Å². The number of hydrogen-bond acceptors (Lipinski definition) is 2. The number of hydrogen-bond donors (Lipinski definition) is 2. The van der Waals surface area contributed by atoms with Crippen LogP contribution in [0, 0.1) is 5.92 Å². The summed E-state index contributed by atoms with van der Waals surface area (Å²) in [6, 6.07) is 12.3. The number of para-hydroxylation sites is 1. The Morgan fingerprint density at radius 1 is 1.14 bits per heavy atom. The Bertz CT molecular complexity index is 901. The topological polar surface area (TPSA) is 59.0 Å². The number of benzene rings is 1. The normalized spacial score (nSPS) is 12.3. The van der Waals surface area contributed by atoms with Crippen LogP contribution >= 0.6 is 0 Å². The van der Waals surface area contributed by atoms with E-state index < -0.39 is 0 Å². The first-order valence-electron chi connectivity index (χ1n) is 10.1. The van der Waals surface area contributed by atoms with E-state index in [1.54, 1.807) is 6.20 Å².